The normalized spacial score (nSPS) is 14.7. The minimum Gasteiger partial charge on any atom is -0.379 e. The van der Waals surface area contributed by atoms with Gasteiger partial charge < -0.3 is 15.4 Å². The molecular formula is C18H24N6O3. The van der Waals surface area contributed by atoms with E-state index in [1.807, 2.05) is 31.2 Å². The maximum Gasteiger partial charge on any atom is 0.353 e. The SMILES string of the molecule is Cc1ccc(CNc2ncnc(NCCN3CCOCC3)c2[N+](=O)[O-])cc1. The van der Waals surface area contributed by atoms with E-state index in [9.17, 15) is 10.1 Å². The summed E-state index contributed by atoms with van der Waals surface area (Å²) in [4.78, 5) is 21.5. The molecule has 0 radical (unpaired) electrons. The van der Waals surface area contributed by atoms with Gasteiger partial charge in [0.25, 0.3) is 0 Å². The van der Waals surface area contributed by atoms with E-state index in [-0.39, 0.29) is 17.3 Å². The molecule has 144 valence electrons. The van der Waals surface area contributed by atoms with E-state index in [0.29, 0.717) is 13.1 Å². The molecule has 9 nitrogen and oxygen atoms in total. The third-order valence-electron chi connectivity index (χ3n) is 4.41. The van der Waals surface area contributed by atoms with Crippen molar-refractivity contribution in [3.63, 3.8) is 0 Å². The van der Waals surface area contributed by atoms with Gasteiger partial charge in [-0.25, -0.2) is 9.97 Å². The molecule has 1 saturated heterocycles. The first kappa shape index (κ1) is 19.0. The summed E-state index contributed by atoms with van der Waals surface area (Å²) in [6.45, 7) is 6.99. The second kappa shape index (κ2) is 9.24. The van der Waals surface area contributed by atoms with Crippen molar-refractivity contribution in [2.24, 2.45) is 0 Å². The largest absolute Gasteiger partial charge is 0.379 e. The van der Waals surface area contributed by atoms with E-state index in [0.717, 1.165) is 38.4 Å². The average molecular weight is 372 g/mol. The Balaban J connectivity index is 1.64. The highest BCUT2D eigenvalue weighted by molar-refractivity contribution is 5.69. The van der Waals surface area contributed by atoms with Gasteiger partial charge in [-0.2, -0.15) is 0 Å². The number of nitro groups is 1. The fraction of sp³-hybridized carbons (Fsp3) is 0.444. The summed E-state index contributed by atoms with van der Waals surface area (Å²) in [5.74, 6) is 0.444. The molecule has 3 rings (SSSR count). The van der Waals surface area contributed by atoms with Crippen molar-refractivity contribution in [1.29, 1.82) is 0 Å². The molecule has 1 aromatic carbocycles. The van der Waals surface area contributed by atoms with E-state index in [1.54, 1.807) is 0 Å². The van der Waals surface area contributed by atoms with Crippen LogP contribution in [-0.4, -0.2) is 59.2 Å². The minimum atomic E-state index is -0.450. The van der Waals surface area contributed by atoms with Crippen LogP contribution >= 0.6 is 0 Å². The van der Waals surface area contributed by atoms with Crippen LogP contribution in [0, 0.1) is 17.0 Å². The van der Waals surface area contributed by atoms with E-state index in [2.05, 4.69) is 25.5 Å². The van der Waals surface area contributed by atoms with Gasteiger partial charge in [0.15, 0.2) is 0 Å². The monoisotopic (exact) mass is 372 g/mol. The van der Waals surface area contributed by atoms with Crippen LogP contribution in [0.2, 0.25) is 0 Å². The van der Waals surface area contributed by atoms with Crippen LogP contribution in [0.25, 0.3) is 0 Å². The zero-order valence-corrected chi connectivity index (χ0v) is 15.4. The van der Waals surface area contributed by atoms with Crippen molar-refractivity contribution in [3.05, 3.63) is 51.8 Å². The molecule has 2 heterocycles. The fourth-order valence-electron chi connectivity index (χ4n) is 2.86. The third-order valence-corrected chi connectivity index (χ3v) is 4.41. The zero-order valence-electron chi connectivity index (χ0n) is 15.4. The standard InChI is InChI=1S/C18H24N6O3/c1-14-2-4-15(5-3-14)12-20-18-16(24(25)26)17(21-13-22-18)19-6-7-23-8-10-27-11-9-23/h2-5,13H,6-12H2,1H3,(H2,19,20,21,22). The van der Waals surface area contributed by atoms with Crippen LogP contribution in [0.4, 0.5) is 17.3 Å². The summed E-state index contributed by atoms with van der Waals surface area (Å²) in [5, 5.41) is 17.7. The molecule has 0 saturated carbocycles. The van der Waals surface area contributed by atoms with Crippen LogP contribution in [0.5, 0.6) is 0 Å². The molecule has 0 spiro atoms. The molecule has 1 aliphatic heterocycles. The third kappa shape index (κ3) is 5.35. The number of aryl methyl sites for hydroxylation is 1. The minimum absolute atomic E-state index is 0.133. The lowest BCUT2D eigenvalue weighted by molar-refractivity contribution is -0.383. The highest BCUT2D eigenvalue weighted by Gasteiger charge is 2.23. The van der Waals surface area contributed by atoms with Gasteiger partial charge in [0.1, 0.15) is 6.33 Å². The molecule has 9 heteroatoms. The van der Waals surface area contributed by atoms with Crippen LogP contribution < -0.4 is 10.6 Å². The van der Waals surface area contributed by atoms with Gasteiger partial charge in [-0.15, -0.1) is 0 Å². The number of rotatable bonds is 8. The smallest absolute Gasteiger partial charge is 0.353 e. The second-order valence-corrected chi connectivity index (χ2v) is 6.40. The van der Waals surface area contributed by atoms with Crippen molar-refractivity contribution >= 4 is 17.3 Å². The molecular weight excluding hydrogens is 348 g/mol. The molecule has 0 aliphatic carbocycles. The molecule has 0 bridgehead atoms. The molecule has 1 aliphatic rings. The molecule has 27 heavy (non-hydrogen) atoms. The lowest BCUT2D eigenvalue weighted by Gasteiger charge is -2.26. The van der Waals surface area contributed by atoms with Crippen LogP contribution in [0.1, 0.15) is 11.1 Å². The number of nitrogens with one attached hydrogen (secondary N) is 2. The van der Waals surface area contributed by atoms with Gasteiger partial charge >= 0.3 is 5.69 Å². The van der Waals surface area contributed by atoms with Crippen molar-refractivity contribution in [3.8, 4) is 0 Å². The number of ether oxygens (including phenoxy) is 1. The van der Waals surface area contributed by atoms with E-state index >= 15 is 0 Å². The average Bonchev–Trinajstić information content (AvgIpc) is 2.68. The van der Waals surface area contributed by atoms with Gasteiger partial charge in [0, 0.05) is 32.7 Å². The number of hydrogen-bond donors (Lipinski definition) is 2. The molecule has 0 amide bonds. The van der Waals surface area contributed by atoms with Crippen molar-refractivity contribution in [2.75, 3.05) is 50.0 Å². The number of nitrogens with zero attached hydrogens (tertiary/aromatic N) is 4. The summed E-state index contributed by atoms with van der Waals surface area (Å²) in [6.07, 6.45) is 1.33. The number of benzene rings is 1. The fourth-order valence-corrected chi connectivity index (χ4v) is 2.86. The predicted molar refractivity (Wildman–Crippen MR) is 103 cm³/mol. The van der Waals surface area contributed by atoms with Crippen molar-refractivity contribution < 1.29 is 9.66 Å². The first-order valence-corrected chi connectivity index (χ1v) is 8.96. The Bertz CT molecular complexity index is 762. The Morgan fingerprint density at radius 1 is 1.15 bits per heavy atom. The first-order valence-electron chi connectivity index (χ1n) is 8.96. The maximum atomic E-state index is 11.6. The Morgan fingerprint density at radius 2 is 1.81 bits per heavy atom. The Morgan fingerprint density at radius 3 is 2.48 bits per heavy atom. The Labute approximate surface area is 157 Å². The lowest BCUT2D eigenvalue weighted by Crippen LogP contribution is -2.39. The summed E-state index contributed by atoms with van der Waals surface area (Å²) in [6, 6.07) is 7.97. The molecule has 1 aromatic heterocycles. The summed E-state index contributed by atoms with van der Waals surface area (Å²) >= 11 is 0. The number of anilines is 2. The Hall–Kier alpha value is -2.78. The Kier molecular flexibility index (Phi) is 6.50. The maximum absolute atomic E-state index is 11.6. The predicted octanol–water partition coefficient (Wildman–Crippen LogP) is 2.05. The lowest BCUT2D eigenvalue weighted by atomic mass is 10.1. The number of hydrogen-bond acceptors (Lipinski definition) is 8. The highest BCUT2D eigenvalue weighted by Crippen LogP contribution is 2.29. The second-order valence-electron chi connectivity index (χ2n) is 6.40. The van der Waals surface area contributed by atoms with E-state index in [4.69, 9.17) is 4.74 Å². The summed E-state index contributed by atoms with van der Waals surface area (Å²) in [5.41, 5.74) is 2.06. The van der Waals surface area contributed by atoms with Gasteiger partial charge in [0.2, 0.25) is 11.6 Å². The molecule has 1 fully saturated rings. The topological polar surface area (TPSA) is 105 Å². The molecule has 2 N–H and O–H groups in total. The van der Waals surface area contributed by atoms with Gasteiger partial charge in [-0.3, -0.25) is 15.0 Å². The molecule has 0 unspecified atom stereocenters. The number of aromatic nitrogens is 2. The van der Waals surface area contributed by atoms with E-state index in [1.165, 1.54) is 11.9 Å². The summed E-state index contributed by atoms with van der Waals surface area (Å²) < 4.78 is 5.32. The zero-order chi connectivity index (χ0) is 19.1. The highest BCUT2D eigenvalue weighted by atomic mass is 16.6. The van der Waals surface area contributed by atoms with Gasteiger partial charge in [-0.1, -0.05) is 29.8 Å². The van der Waals surface area contributed by atoms with Crippen LogP contribution in [0.3, 0.4) is 0 Å². The molecule has 2 aromatic rings. The van der Waals surface area contributed by atoms with Crippen LogP contribution in [-0.2, 0) is 11.3 Å². The van der Waals surface area contributed by atoms with Gasteiger partial charge in [-0.05, 0) is 12.5 Å². The van der Waals surface area contributed by atoms with Gasteiger partial charge in [0.05, 0.1) is 18.1 Å². The molecule has 0 atom stereocenters. The van der Waals surface area contributed by atoms with Crippen molar-refractivity contribution in [2.45, 2.75) is 13.5 Å². The first-order chi connectivity index (χ1) is 13.1. The van der Waals surface area contributed by atoms with Crippen LogP contribution in [0.15, 0.2) is 30.6 Å². The summed E-state index contributed by atoms with van der Waals surface area (Å²) in [7, 11) is 0. The van der Waals surface area contributed by atoms with Crippen molar-refractivity contribution in [1.82, 2.24) is 14.9 Å². The van der Waals surface area contributed by atoms with E-state index < -0.39 is 4.92 Å². The number of morpholine rings is 1. The quantitative estimate of drug-likeness (QED) is 0.536.